The van der Waals surface area contributed by atoms with Crippen LogP contribution in [-0.2, 0) is 23.9 Å². The van der Waals surface area contributed by atoms with Gasteiger partial charge < -0.3 is 14.3 Å². The standard InChI is InChI=1S/C26H38O5/c1-16(30-17(2)28)22-7-8-23-21-6-5-19-15-20(31-18(3)29)9-12-26(19,13-14-27)24(21)10-11-25(22,23)4/h5,14,16,20-24H,6-13,15H2,1-4H3/t16-,20+,21+,22-,23+,24+,25-,26-/m1/s1. The Hall–Kier alpha value is -1.65. The lowest BCUT2D eigenvalue weighted by Gasteiger charge is -2.59. The molecule has 0 saturated heterocycles. The number of carbonyl (C=O) groups is 3. The molecule has 3 fully saturated rings. The van der Waals surface area contributed by atoms with Crippen LogP contribution in [0.2, 0.25) is 0 Å². The van der Waals surface area contributed by atoms with E-state index >= 15 is 0 Å². The van der Waals surface area contributed by atoms with Crippen molar-refractivity contribution in [1.29, 1.82) is 0 Å². The second-order valence-electron chi connectivity index (χ2n) is 10.9. The monoisotopic (exact) mass is 430 g/mol. The van der Waals surface area contributed by atoms with E-state index < -0.39 is 0 Å². The number of rotatable bonds is 5. The van der Waals surface area contributed by atoms with Crippen LogP contribution >= 0.6 is 0 Å². The molecule has 0 aromatic rings. The number of aldehydes is 1. The second kappa shape index (κ2) is 8.37. The molecule has 4 rings (SSSR count). The molecule has 4 aliphatic rings. The van der Waals surface area contributed by atoms with Gasteiger partial charge in [0.05, 0.1) is 0 Å². The minimum absolute atomic E-state index is 0.0400. The predicted molar refractivity (Wildman–Crippen MR) is 117 cm³/mol. The zero-order valence-electron chi connectivity index (χ0n) is 19.5. The lowest BCUT2D eigenvalue weighted by Crippen LogP contribution is -2.52. The topological polar surface area (TPSA) is 69.7 Å². The highest BCUT2D eigenvalue weighted by atomic mass is 16.5. The molecule has 172 valence electrons. The molecule has 0 aromatic heterocycles. The van der Waals surface area contributed by atoms with E-state index in [4.69, 9.17) is 9.47 Å². The van der Waals surface area contributed by atoms with Crippen molar-refractivity contribution in [2.45, 2.75) is 97.7 Å². The molecule has 0 amide bonds. The van der Waals surface area contributed by atoms with Crippen LogP contribution in [0.15, 0.2) is 11.6 Å². The first kappa shape index (κ1) is 22.5. The molecule has 0 aliphatic heterocycles. The molecular formula is C26H38O5. The van der Waals surface area contributed by atoms with Gasteiger partial charge in [-0.3, -0.25) is 9.59 Å². The number of fused-ring (bicyclic) bond motifs is 5. The Morgan fingerprint density at radius 1 is 1.13 bits per heavy atom. The predicted octanol–water partition coefficient (Wildman–Crippen LogP) is 5.02. The van der Waals surface area contributed by atoms with Gasteiger partial charge in [0.1, 0.15) is 18.5 Å². The van der Waals surface area contributed by atoms with Gasteiger partial charge in [-0.05, 0) is 75.0 Å². The minimum atomic E-state index is -0.213. The van der Waals surface area contributed by atoms with E-state index in [9.17, 15) is 14.4 Å². The van der Waals surface area contributed by atoms with Crippen molar-refractivity contribution in [2.75, 3.05) is 0 Å². The van der Waals surface area contributed by atoms with Gasteiger partial charge in [-0.1, -0.05) is 18.6 Å². The largest absolute Gasteiger partial charge is 0.463 e. The second-order valence-corrected chi connectivity index (χ2v) is 10.9. The summed E-state index contributed by atoms with van der Waals surface area (Å²) in [5, 5.41) is 0. The van der Waals surface area contributed by atoms with E-state index in [1.54, 1.807) is 0 Å². The fourth-order valence-electron chi connectivity index (χ4n) is 8.44. The van der Waals surface area contributed by atoms with Crippen LogP contribution < -0.4 is 0 Å². The molecule has 0 spiro atoms. The lowest BCUT2D eigenvalue weighted by molar-refractivity contribution is -0.154. The van der Waals surface area contributed by atoms with Crippen molar-refractivity contribution in [3.8, 4) is 0 Å². The maximum absolute atomic E-state index is 11.8. The Morgan fingerprint density at radius 2 is 1.90 bits per heavy atom. The highest BCUT2D eigenvalue weighted by molar-refractivity contribution is 5.66. The fraction of sp³-hybridized carbons (Fsp3) is 0.808. The van der Waals surface area contributed by atoms with Crippen molar-refractivity contribution in [3.63, 3.8) is 0 Å². The maximum Gasteiger partial charge on any atom is 0.302 e. The van der Waals surface area contributed by atoms with Gasteiger partial charge in [-0.25, -0.2) is 0 Å². The number of hydrogen-bond acceptors (Lipinski definition) is 5. The molecule has 0 aromatic carbocycles. The Labute approximate surface area is 186 Å². The summed E-state index contributed by atoms with van der Waals surface area (Å²) in [5.41, 5.74) is 1.51. The molecule has 5 heteroatoms. The van der Waals surface area contributed by atoms with Crippen LogP contribution in [0.4, 0.5) is 0 Å². The summed E-state index contributed by atoms with van der Waals surface area (Å²) in [6.45, 7) is 7.47. The summed E-state index contributed by atoms with van der Waals surface area (Å²) in [5.74, 6) is 1.73. The number of esters is 2. The molecule has 3 saturated carbocycles. The Bertz CT molecular complexity index is 772. The first-order valence-corrected chi connectivity index (χ1v) is 12.2. The molecule has 0 bridgehead atoms. The van der Waals surface area contributed by atoms with Crippen LogP contribution in [0.1, 0.15) is 85.5 Å². The van der Waals surface area contributed by atoms with Crippen molar-refractivity contribution >= 4 is 18.2 Å². The molecule has 31 heavy (non-hydrogen) atoms. The third-order valence-corrected chi connectivity index (χ3v) is 9.55. The van der Waals surface area contributed by atoms with Gasteiger partial charge in [0.2, 0.25) is 0 Å². The van der Waals surface area contributed by atoms with Crippen LogP contribution in [0.25, 0.3) is 0 Å². The van der Waals surface area contributed by atoms with Crippen molar-refractivity contribution in [2.24, 2.45) is 34.5 Å². The number of allylic oxidation sites excluding steroid dienone is 1. The smallest absolute Gasteiger partial charge is 0.302 e. The van der Waals surface area contributed by atoms with E-state index in [2.05, 4.69) is 19.9 Å². The highest BCUT2D eigenvalue weighted by Crippen LogP contribution is 2.67. The third-order valence-electron chi connectivity index (χ3n) is 9.55. The van der Waals surface area contributed by atoms with E-state index in [0.29, 0.717) is 30.1 Å². The molecule has 4 aliphatic carbocycles. The molecule has 8 atom stereocenters. The normalized spacial score (nSPS) is 42.3. The van der Waals surface area contributed by atoms with Crippen LogP contribution in [0, 0.1) is 34.5 Å². The fourth-order valence-corrected chi connectivity index (χ4v) is 8.44. The Balaban J connectivity index is 1.60. The summed E-state index contributed by atoms with van der Waals surface area (Å²) in [7, 11) is 0. The van der Waals surface area contributed by atoms with E-state index in [-0.39, 0.29) is 35.0 Å². The molecular weight excluding hydrogens is 392 g/mol. The number of hydrogen-bond donors (Lipinski definition) is 0. The number of ether oxygens (including phenoxy) is 2. The van der Waals surface area contributed by atoms with E-state index in [1.165, 1.54) is 25.8 Å². The first-order chi connectivity index (χ1) is 14.7. The quantitative estimate of drug-likeness (QED) is 0.348. The van der Waals surface area contributed by atoms with Gasteiger partial charge in [-0.2, -0.15) is 0 Å². The summed E-state index contributed by atoms with van der Waals surface area (Å²) in [4.78, 5) is 34.9. The van der Waals surface area contributed by atoms with Gasteiger partial charge in [0.15, 0.2) is 0 Å². The number of carbonyl (C=O) groups excluding carboxylic acids is 3. The average molecular weight is 431 g/mol. The van der Waals surface area contributed by atoms with E-state index in [0.717, 1.165) is 51.2 Å². The highest BCUT2D eigenvalue weighted by Gasteiger charge is 2.60. The van der Waals surface area contributed by atoms with Crippen LogP contribution in [-0.4, -0.2) is 30.4 Å². The Kier molecular flexibility index (Phi) is 6.08. The maximum atomic E-state index is 11.8. The molecule has 0 unspecified atom stereocenters. The average Bonchev–Trinajstić information content (AvgIpc) is 3.05. The van der Waals surface area contributed by atoms with Crippen molar-refractivity contribution in [3.05, 3.63) is 11.6 Å². The van der Waals surface area contributed by atoms with Crippen molar-refractivity contribution in [1.82, 2.24) is 0 Å². The molecule has 0 heterocycles. The minimum Gasteiger partial charge on any atom is -0.463 e. The molecule has 5 nitrogen and oxygen atoms in total. The Morgan fingerprint density at radius 3 is 2.58 bits per heavy atom. The van der Waals surface area contributed by atoms with Gasteiger partial charge in [-0.15, -0.1) is 0 Å². The zero-order chi connectivity index (χ0) is 22.4. The SMILES string of the molecule is CC(=O)O[C@H]1CC[C@@]2(CC=O)C(=CC[C@@H]3[C@@H]2CC[C@]2(C)[C@@H]([C@@H](C)OC(C)=O)CC[C@@H]32)C1. The summed E-state index contributed by atoms with van der Waals surface area (Å²) >= 11 is 0. The molecule has 0 N–H and O–H groups in total. The van der Waals surface area contributed by atoms with Gasteiger partial charge in [0.25, 0.3) is 0 Å². The van der Waals surface area contributed by atoms with Gasteiger partial charge in [0, 0.05) is 38.0 Å². The molecule has 0 radical (unpaired) electrons. The van der Waals surface area contributed by atoms with Crippen molar-refractivity contribution < 1.29 is 23.9 Å². The lowest BCUT2D eigenvalue weighted by atomic mass is 9.46. The summed E-state index contributed by atoms with van der Waals surface area (Å²) < 4.78 is 11.2. The van der Waals surface area contributed by atoms with E-state index in [1.807, 2.05) is 0 Å². The van der Waals surface area contributed by atoms with Crippen LogP contribution in [0.3, 0.4) is 0 Å². The summed E-state index contributed by atoms with van der Waals surface area (Å²) in [6, 6.07) is 0. The van der Waals surface area contributed by atoms with Crippen LogP contribution in [0.5, 0.6) is 0 Å². The summed E-state index contributed by atoms with van der Waals surface area (Å²) in [6.07, 6.45) is 12.2. The third kappa shape index (κ3) is 3.76. The zero-order valence-corrected chi connectivity index (χ0v) is 19.5. The van der Waals surface area contributed by atoms with Gasteiger partial charge >= 0.3 is 11.9 Å². The first-order valence-electron chi connectivity index (χ1n) is 12.2.